The van der Waals surface area contributed by atoms with E-state index in [0.29, 0.717) is 6.42 Å². The van der Waals surface area contributed by atoms with Crippen molar-refractivity contribution in [1.82, 2.24) is 5.32 Å². The number of carbonyl (C=O) groups is 2. The van der Waals surface area contributed by atoms with Crippen molar-refractivity contribution >= 4 is 11.9 Å². The molecule has 0 radical (unpaired) electrons. The molecule has 1 amide bonds. The van der Waals surface area contributed by atoms with Gasteiger partial charge in [-0.1, -0.05) is 6.92 Å². The second-order valence-corrected chi connectivity index (χ2v) is 5.33. The summed E-state index contributed by atoms with van der Waals surface area (Å²) in [6.45, 7) is 5.75. The molecule has 0 aliphatic rings. The van der Waals surface area contributed by atoms with Gasteiger partial charge >= 0.3 is 5.97 Å². The Morgan fingerprint density at radius 1 is 1.24 bits per heavy atom. The summed E-state index contributed by atoms with van der Waals surface area (Å²) in [6.07, 6.45) is 0.672. The van der Waals surface area contributed by atoms with E-state index in [9.17, 15) is 14.7 Å². The molecule has 6 nitrogen and oxygen atoms in total. The Morgan fingerprint density at radius 3 is 2.48 bits per heavy atom. The molecule has 1 aromatic carbocycles. The Balaban J connectivity index is 2.41. The number of carbonyl (C=O) groups excluding carboxylic acids is 2. The highest BCUT2D eigenvalue weighted by Crippen LogP contribution is 2.24. The zero-order valence-corrected chi connectivity index (χ0v) is 12.5. The van der Waals surface area contributed by atoms with Crippen LogP contribution in [0.1, 0.15) is 37.6 Å². The molecule has 3 N–H and O–H groups in total. The van der Waals surface area contributed by atoms with Crippen molar-refractivity contribution in [3.05, 3.63) is 23.8 Å². The van der Waals surface area contributed by atoms with Crippen molar-refractivity contribution in [3.63, 3.8) is 0 Å². The molecule has 1 aromatic rings. The number of aromatic hydroxyl groups is 2. The van der Waals surface area contributed by atoms with Gasteiger partial charge < -0.3 is 20.3 Å². The Bertz CT molecular complexity index is 525. The molecular weight excluding hydrogens is 274 g/mol. The molecule has 0 aromatic heterocycles. The summed E-state index contributed by atoms with van der Waals surface area (Å²) in [7, 11) is 0. The average Bonchev–Trinajstić information content (AvgIpc) is 2.45. The van der Waals surface area contributed by atoms with Gasteiger partial charge in [-0.15, -0.1) is 0 Å². The van der Waals surface area contributed by atoms with Crippen molar-refractivity contribution in [3.8, 4) is 11.5 Å². The van der Waals surface area contributed by atoms with Crippen LogP contribution in [-0.4, -0.2) is 35.2 Å². The van der Waals surface area contributed by atoms with E-state index < -0.39 is 11.3 Å². The molecule has 0 saturated carbocycles. The third kappa shape index (κ3) is 4.66. The van der Waals surface area contributed by atoms with Crippen LogP contribution in [0, 0.1) is 5.41 Å². The number of rotatable bonds is 6. The molecule has 0 aliphatic carbocycles. The maximum absolute atomic E-state index is 11.8. The minimum atomic E-state index is -0.535. The lowest BCUT2D eigenvalue weighted by Gasteiger charge is -2.20. The predicted octanol–water partition coefficient (Wildman–Crippen LogP) is 1.81. The average molecular weight is 295 g/mol. The number of hydrogen-bond acceptors (Lipinski definition) is 5. The summed E-state index contributed by atoms with van der Waals surface area (Å²) in [4.78, 5) is 23.5. The molecular formula is C15H21NO5. The van der Waals surface area contributed by atoms with E-state index in [-0.39, 0.29) is 36.2 Å². The fraction of sp³-hybridized carbons (Fsp3) is 0.467. The largest absolute Gasteiger partial charge is 0.504 e. The first-order chi connectivity index (χ1) is 9.77. The van der Waals surface area contributed by atoms with Crippen LogP contribution >= 0.6 is 0 Å². The van der Waals surface area contributed by atoms with Crippen LogP contribution < -0.4 is 5.32 Å². The summed E-state index contributed by atoms with van der Waals surface area (Å²) in [5.41, 5.74) is -0.322. The van der Waals surface area contributed by atoms with Crippen molar-refractivity contribution in [2.24, 2.45) is 5.41 Å². The summed E-state index contributed by atoms with van der Waals surface area (Å²) in [6, 6.07) is 3.78. The van der Waals surface area contributed by atoms with Crippen molar-refractivity contribution < 1.29 is 24.5 Å². The van der Waals surface area contributed by atoms with Crippen LogP contribution in [0.2, 0.25) is 0 Å². The molecule has 0 aliphatic heterocycles. The quantitative estimate of drug-likeness (QED) is 0.422. The van der Waals surface area contributed by atoms with E-state index >= 15 is 0 Å². The third-order valence-electron chi connectivity index (χ3n) is 3.29. The summed E-state index contributed by atoms with van der Waals surface area (Å²) >= 11 is 0. The van der Waals surface area contributed by atoms with Crippen molar-refractivity contribution in [1.29, 1.82) is 0 Å². The van der Waals surface area contributed by atoms with Crippen LogP contribution in [0.25, 0.3) is 0 Å². The van der Waals surface area contributed by atoms with Crippen molar-refractivity contribution in [2.75, 3.05) is 13.2 Å². The predicted molar refractivity (Wildman–Crippen MR) is 77.1 cm³/mol. The highest BCUT2D eigenvalue weighted by Gasteiger charge is 2.26. The van der Waals surface area contributed by atoms with Gasteiger partial charge in [-0.3, -0.25) is 9.59 Å². The van der Waals surface area contributed by atoms with Gasteiger partial charge in [-0.05, 0) is 38.5 Å². The van der Waals surface area contributed by atoms with E-state index in [1.807, 2.05) is 6.92 Å². The molecule has 0 atom stereocenters. The molecule has 0 saturated heterocycles. The van der Waals surface area contributed by atoms with Crippen molar-refractivity contribution in [2.45, 2.75) is 27.2 Å². The zero-order chi connectivity index (χ0) is 16.0. The van der Waals surface area contributed by atoms with E-state index in [2.05, 4.69) is 5.32 Å². The molecule has 6 heteroatoms. The number of benzene rings is 1. The SMILES string of the molecule is CCC(C)(C)C(=O)OCCNC(=O)c1ccc(O)c(O)c1. The zero-order valence-electron chi connectivity index (χ0n) is 12.5. The lowest BCUT2D eigenvalue weighted by Crippen LogP contribution is -2.31. The third-order valence-corrected chi connectivity index (χ3v) is 3.29. The number of esters is 1. The number of amides is 1. The van der Waals surface area contributed by atoms with Gasteiger partial charge in [0, 0.05) is 5.56 Å². The number of hydrogen-bond donors (Lipinski definition) is 3. The Kier molecular flexibility index (Phi) is 5.58. The Labute approximate surface area is 123 Å². The summed E-state index contributed by atoms with van der Waals surface area (Å²) < 4.78 is 5.08. The van der Waals surface area contributed by atoms with Gasteiger partial charge in [-0.2, -0.15) is 0 Å². The first-order valence-corrected chi connectivity index (χ1v) is 6.75. The highest BCUT2D eigenvalue weighted by molar-refractivity contribution is 5.94. The molecule has 0 unspecified atom stereocenters. The van der Waals surface area contributed by atoms with Crippen LogP contribution in [0.3, 0.4) is 0 Å². The standard InChI is InChI=1S/C15H21NO5/c1-4-15(2,3)14(20)21-8-7-16-13(19)10-5-6-11(17)12(18)9-10/h5-6,9,17-18H,4,7-8H2,1-3H3,(H,16,19). The van der Waals surface area contributed by atoms with E-state index in [4.69, 9.17) is 9.84 Å². The molecule has 0 fully saturated rings. The first kappa shape index (κ1) is 16.8. The summed E-state index contributed by atoms with van der Waals surface area (Å²) in [5.74, 6) is -1.38. The van der Waals surface area contributed by atoms with Gasteiger partial charge in [0.15, 0.2) is 11.5 Å². The fourth-order valence-electron chi connectivity index (χ4n) is 1.41. The van der Waals surface area contributed by atoms with E-state index in [0.717, 1.165) is 6.07 Å². The first-order valence-electron chi connectivity index (χ1n) is 6.75. The molecule has 1 rings (SSSR count). The van der Waals surface area contributed by atoms with Crippen LogP contribution in [0.15, 0.2) is 18.2 Å². The second kappa shape index (κ2) is 6.97. The summed E-state index contributed by atoms with van der Waals surface area (Å²) in [5, 5.41) is 21.0. The Hall–Kier alpha value is -2.24. The van der Waals surface area contributed by atoms with Gasteiger partial charge in [0.25, 0.3) is 5.91 Å². The number of phenolic OH excluding ortho intramolecular Hbond substituents is 2. The lowest BCUT2D eigenvalue weighted by atomic mass is 9.91. The van der Waals surface area contributed by atoms with Gasteiger partial charge in [0.05, 0.1) is 12.0 Å². The van der Waals surface area contributed by atoms with E-state index in [1.54, 1.807) is 13.8 Å². The molecule has 21 heavy (non-hydrogen) atoms. The second-order valence-electron chi connectivity index (χ2n) is 5.33. The van der Waals surface area contributed by atoms with Crippen LogP contribution in [0.4, 0.5) is 0 Å². The normalized spacial score (nSPS) is 11.0. The number of nitrogens with one attached hydrogen (secondary N) is 1. The topological polar surface area (TPSA) is 95.9 Å². The van der Waals surface area contributed by atoms with Gasteiger partial charge in [-0.25, -0.2) is 0 Å². The molecule has 0 heterocycles. The highest BCUT2D eigenvalue weighted by atomic mass is 16.5. The van der Waals surface area contributed by atoms with Gasteiger partial charge in [0.1, 0.15) is 6.61 Å². The lowest BCUT2D eigenvalue weighted by molar-refractivity contribution is -0.153. The van der Waals surface area contributed by atoms with E-state index in [1.165, 1.54) is 12.1 Å². The molecule has 116 valence electrons. The minimum Gasteiger partial charge on any atom is -0.504 e. The number of ether oxygens (including phenoxy) is 1. The van der Waals surface area contributed by atoms with Crippen LogP contribution in [0.5, 0.6) is 11.5 Å². The fourth-order valence-corrected chi connectivity index (χ4v) is 1.41. The maximum atomic E-state index is 11.8. The monoisotopic (exact) mass is 295 g/mol. The smallest absolute Gasteiger partial charge is 0.311 e. The number of phenols is 2. The van der Waals surface area contributed by atoms with Crippen LogP contribution in [-0.2, 0) is 9.53 Å². The Morgan fingerprint density at radius 2 is 1.90 bits per heavy atom. The molecule has 0 spiro atoms. The minimum absolute atomic E-state index is 0.0814. The maximum Gasteiger partial charge on any atom is 0.311 e. The molecule has 0 bridgehead atoms. The van der Waals surface area contributed by atoms with Gasteiger partial charge in [0.2, 0.25) is 0 Å².